The lowest BCUT2D eigenvalue weighted by Gasteiger charge is -2.26. The molecule has 9 nitrogen and oxygen atoms in total. The minimum Gasteiger partial charge on any atom is -0.545 e. The topological polar surface area (TPSA) is 111 Å². The normalized spacial score (nSPS) is 13.0. The summed E-state index contributed by atoms with van der Waals surface area (Å²) in [4.78, 5) is 37.1. The van der Waals surface area contributed by atoms with Gasteiger partial charge in [0.1, 0.15) is 13.2 Å². The minimum atomic E-state index is -1.62. The SMILES string of the molecule is CCCCCCC/C=C\C/C=C\CCCCCCCCCCCCCC(=O)OC(COC(=O)CCCCCCCCCCCCCCC)COC(OCC[N+](C)(C)C)C(=O)[O-]. The molecule has 0 aliphatic carbocycles. The maximum absolute atomic E-state index is 12.8. The average Bonchev–Trinajstić information content (AvgIpc) is 3.22. The first-order valence-corrected chi connectivity index (χ1v) is 25.5. The maximum atomic E-state index is 12.8. The Bertz CT molecular complexity index is 1050. The van der Waals surface area contributed by atoms with E-state index < -0.39 is 24.3 Å². The van der Waals surface area contributed by atoms with Crippen LogP contribution in [0, 0.1) is 0 Å². The van der Waals surface area contributed by atoms with E-state index in [2.05, 4.69) is 38.2 Å². The van der Waals surface area contributed by atoms with E-state index in [9.17, 15) is 19.5 Å². The van der Waals surface area contributed by atoms with Crippen molar-refractivity contribution in [3.05, 3.63) is 24.3 Å². The fourth-order valence-corrected chi connectivity index (χ4v) is 7.21. The first-order chi connectivity index (χ1) is 29.6. The lowest BCUT2D eigenvalue weighted by Crippen LogP contribution is -2.44. The lowest BCUT2D eigenvalue weighted by molar-refractivity contribution is -0.870. The Balaban J connectivity index is 4.28. The molecule has 0 aliphatic heterocycles. The van der Waals surface area contributed by atoms with E-state index in [0.29, 0.717) is 23.9 Å². The fourth-order valence-electron chi connectivity index (χ4n) is 7.21. The van der Waals surface area contributed by atoms with Gasteiger partial charge in [0.15, 0.2) is 12.4 Å². The van der Waals surface area contributed by atoms with Crippen LogP contribution in [-0.2, 0) is 33.3 Å². The van der Waals surface area contributed by atoms with Crippen LogP contribution < -0.4 is 5.11 Å². The Morgan fingerprint density at radius 1 is 0.492 bits per heavy atom. The Hall–Kier alpha value is -2.23. The number of unbranched alkanes of at least 4 members (excludes halogenated alkanes) is 28. The van der Waals surface area contributed by atoms with Crippen molar-refractivity contribution in [2.45, 2.75) is 245 Å². The molecule has 0 heterocycles. The van der Waals surface area contributed by atoms with Crippen molar-refractivity contribution in [1.29, 1.82) is 0 Å². The molecule has 0 radical (unpaired) electrons. The zero-order valence-electron chi connectivity index (χ0n) is 40.5. The van der Waals surface area contributed by atoms with Gasteiger partial charge < -0.3 is 33.3 Å². The molecule has 0 bridgehead atoms. The molecule has 0 rings (SSSR count). The quantitative estimate of drug-likeness (QED) is 0.0195. The molecule has 0 spiro atoms. The molecule has 0 aromatic rings. The number of aliphatic carboxylic acids is 1. The molecule has 358 valence electrons. The minimum absolute atomic E-state index is 0.150. The predicted octanol–water partition coefficient (Wildman–Crippen LogP) is 12.7. The van der Waals surface area contributed by atoms with E-state index in [-0.39, 0.29) is 32.2 Å². The number of quaternary nitrogens is 1. The van der Waals surface area contributed by atoms with Crippen LogP contribution >= 0.6 is 0 Å². The molecular weight excluding hydrogens is 767 g/mol. The van der Waals surface area contributed by atoms with Gasteiger partial charge >= 0.3 is 11.9 Å². The highest BCUT2D eigenvalue weighted by atomic mass is 16.7. The highest BCUT2D eigenvalue weighted by molar-refractivity contribution is 5.70. The molecule has 9 heteroatoms. The number of esters is 2. The van der Waals surface area contributed by atoms with E-state index in [0.717, 1.165) is 44.9 Å². The summed E-state index contributed by atoms with van der Waals surface area (Å²) in [6, 6.07) is 0. The number of carboxylic acids is 1. The largest absolute Gasteiger partial charge is 0.545 e. The van der Waals surface area contributed by atoms with Crippen molar-refractivity contribution in [3.63, 3.8) is 0 Å². The Morgan fingerprint density at radius 3 is 1.30 bits per heavy atom. The summed E-state index contributed by atoms with van der Waals surface area (Å²) in [6.45, 7) is 4.75. The van der Waals surface area contributed by atoms with Crippen LogP contribution in [0.5, 0.6) is 0 Å². The van der Waals surface area contributed by atoms with E-state index in [1.54, 1.807) is 0 Å². The molecule has 0 aromatic carbocycles. The van der Waals surface area contributed by atoms with Gasteiger partial charge in [0.2, 0.25) is 0 Å². The highest BCUT2D eigenvalue weighted by Crippen LogP contribution is 2.16. The number of carboxylic acid groups (broad SMARTS) is 1. The van der Waals surface area contributed by atoms with Crippen LogP contribution in [0.15, 0.2) is 24.3 Å². The van der Waals surface area contributed by atoms with Crippen molar-refractivity contribution >= 4 is 17.9 Å². The Kier molecular flexibility index (Phi) is 42.8. The second kappa shape index (κ2) is 44.4. The van der Waals surface area contributed by atoms with Crippen molar-refractivity contribution in [3.8, 4) is 0 Å². The van der Waals surface area contributed by atoms with Gasteiger partial charge in [-0.1, -0.05) is 199 Å². The highest BCUT2D eigenvalue weighted by Gasteiger charge is 2.22. The van der Waals surface area contributed by atoms with Gasteiger partial charge in [-0.3, -0.25) is 9.59 Å². The summed E-state index contributed by atoms with van der Waals surface area (Å²) in [5.74, 6) is -2.27. The second-order valence-electron chi connectivity index (χ2n) is 18.5. The van der Waals surface area contributed by atoms with Crippen LogP contribution in [0.25, 0.3) is 0 Å². The van der Waals surface area contributed by atoms with E-state index >= 15 is 0 Å². The van der Waals surface area contributed by atoms with Crippen molar-refractivity contribution in [1.82, 2.24) is 0 Å². The van der Waals surface area contributed by atoms with Crippen molar-refractivity contribution in [2.75, 3.05) is 47.5 Å². The van der Waals surface area contributed by atoms with Crippen LogP contribution in [-0.4, -0.2) is 82.3 Å². The molecule has 0 saturated carbocycles. The molecule has 0 N–H and O–H groups in total. The summed E-state index contributed by atoms with van der Waals surface area (Å²) < 4.78 is 22.6. The molecule has 0 amide bonds. The number of allylic oxidation sites excluding steroid dienone is 4. The monoisotopic (exact) mass is 864 g/mol. The lowest BCUT2D eigenvalue weighted by atomic mass is 10.0. The smallest absolute Gasteiger partial charge is 0.306 e. The molecule has 0 saturated heterocycles. The molecule has 61 heavy (non-hydrogen) atoms. The van der Waals surface area contributed by atoms with Gasteiger partial charge in [-0.15, -0.1) is 0 Å². The van der Waals surface area contributed by atoms with Crippen LogP contribution in [0.2, 0.25) is 0 Å². The number of hydrogen-bond donors (Lipinski definition) is 0. The molecular formula is C52H97NO8. The Labute approximate surface area is 376 Å². The van der Waals surface area contributed by atoms with E-state index in [1.807, 2.05) is 21.1 Å². The number of carbonyl (C=O) groups is 3. The van der Waals surface area contributed by atoms with Gasteiger partial charge in [-0.05, 0) is 44.9 Å². The number of hydrogen-bond acceptors (Lipinski definition) is 8. The summed E-state index contributed by atoms with van der Waals surface area (Å²) in [5.41, 5.74) is 0. The zero-order chi connectivity index (χ0) is 44.9. The summed E-state index contributed by atoms with van der Waals surface area (Å²) in [7, 11) is 5.92. The van der Waals surface area contributed by atoms with Crippen LogP contribution in [0.3, 0.4) is 0 Å². The molecule has 0 fully saturated rings. The number of ether oxygens (including phenoxy) is 4. The summed E-state index contributed by atoms with van der Waals surface area (Å²) in [5, 5.41) is 11.7. The third kappa shape index (κ3) is 45.6. The number of likely N-dealkylation sites (N-methyl/N-ethyl adjacent to an activating group) is 1. The summed E-state index contributed by atoms with van der Waals surface area (Å²) in [6.07, 6.45) is 46.4. The fraction of sp³-hybridized carbons (Fsp3) is 0.865. The predicted molar refractivity (Wildman–Crippen MR) is 251 cm³/mol. The molecule has 0 aliphatic rings. The first-order valence-electron chi connectivity index (χ1n) is 25.5. The molecule has 2 unspecified atom stereocenters. The third-order valence-corrected chi connectivity index (χ3v) is 11.2. The summed E-state index contributed by atoms with van der Waals surface area (Å²) >= 11 is 0. The third-order valence-electron chi connectivity index (χ3n) is 11.2. The van der Waals surface area contributed by atoms with Gasteiger partial charge in [0.25, 0.3) is 0 Å². The number of rotatable bonds is 47. The maximum Gasteiger partial charge on any atom is 0.306 e. The standard InChI is InChI=1S/C52H97NO8/c1-6-8-10-12-14-16-18-20-21-22-23-24-25-26-27-28-29-31-33-35-37-39-41-43-50(55)61-48(47-60-52(51(56)57)58-45-44-53(3,4)5)46-59-49(54)42-40-38-36-34-32-30-19-17-15-13-11-9-7-2/h18,20,22-23,48,52H,6-17,19,21,24-47H2,1-5H3/b20-18-,23-22-. The number of carbonyl (C=O) groups excluding carboxylic acids is 3. The first kappa shape index (κ1) is 58.8. The van der Waals surface area contributed by atoms with E-state index in [1.165, 1.54) is 154 Å². The number of nitrogens with zero attached hydrogens (tertiary/aromatic N) is 1. The second-order valence-corrected chi connectivity index (χ2v) is 18.5. The van der Waals surface area contributed by atoms with Gasteiger partial charge in [0, 0.05) is 12.8 Å². The van der Waals surface area contributed by atoms with Crippen molar-refractivity contribution < 1.29 is 42.9 Å². The van der Waals surface area contributed by atoms with Gasteiger partial charge in [0.05, 0.1) is 40.3 Å². The Morgan fingerprint density at radius 2 is 0.885 bits per heavy atom. The van der Waals surface area contributed by atoms with E-state index in [4.69, 9.17) is 18.9 Å². The van der Waals surface area contributed by atoms with Crippen molar-refractivity contribution in [2.24, 2.45) is 0 Å². The van der Waals surface area contributed by atoms with Crippen LogP contribution in [0.1, 0.15) is 232 Å². The zero-order valence-corrected chi connectivity index (χ0v) is 40.5. The van der Waals surface area contributed by atoms with Gasteiger partial charge in [-0.25, -0.2) is 0 Å². The molecule has 2 atom stereocenters. The molecule has 0 aromatic heterocycles. The average molecular weight is 864 g/mol. The van der Waals surface area contributed by atoms with Gasteiger partial charge in [-0.2, -0.15) is 0 Å². The van der Waals surface area contributed by atoms with Crippen LogP contribution in [0.4, 0.5) is 0 Å².